The predicted octanol–water partition coefficient (Wildman–Crippen LogP) is 0.897. The van der Waals surface area contributed by atoms with Crippen LogP contribution in [0.5, 0.6) is 0 Å². The second-order valence-electron chi connectivity index (χ2n) is 3.07. The fourth-order valence-corrected chi connectivity index (χ4v) is 2.89. The van der Waals surface area contributed by atoms with Crippen molar-refractivity contribution in [2.75, 3.05) is 26.5 Å². The highest BCUT2D eigenvalue weighted by atomic mass is 127. The number of alkyl halides is 1. The van der Waals surface area contributed by atoms with Gasteiger partial charge in [-0.3, -0.25) is 14.6 Å². The van der Waals surface area contributed by atoms with E-state index in [2.05, 4.69) is 37.1 Å². The number of nitrogens with zero attached hydrogens (tertiary/aromatic N) is 1. The summed E-state index contributed by atoms with van der Waals surface area (Å²) in [6, 6.07) is 0. The molecule has 1 rings (SSSR count). The van der Waals surface area contributed by atoms with Crippen LogP contribution in [0.3, 0.4) is 0 Å². The summed E-state index contributed by atoms with van der Waals surface area (Å²) in [4.78, 5) is 27.2. The van der Waals surface area contributed by atoms with E-state index in [1.165, 1.54) is 26.0 Å². The minimum Gasteiger partial charge on any atom is -0.468 e. The zero-order valence-corrected chi connectivity index (χ0v) is 11.9. The summed E-state index contributed by atoms with van der Waals surface area (Å²) in [6.45, 7) is 0.618. The van der Waals surface area contributed by atoms with Gasteiger partial charge >= 0.3 is 11.9 Å². The number of halogens is 1. The Morgan fingerprint density at radius 2 is 2.00 bits per heavy atom. The fraction of sp³-hybridized carbons (Fsp3) is 0.667. The number of hydrogen-bond donors (Lipinski definition) is 0. The summed E-state index contributed by atoms with van der Waals surface area (Å²) >= 11 is 3.69. The Bertz CT molecular complexity index is 305. The van der Waals surface area contributed by atoms with Crippen molar-refractivity contribution >= 4 is 51.3 Å². The summed E-state index contributed by atoms with van der Waals surface area (Å²) < 4.78 is 9.59. The van der Waals surface area contributed by atoms with Crippen LogP contribution in [-0.2, 0) is 19.1 Å². The number of ether oxygens (including phenoxy) is 2. The standard InChI is InChI=1S/C9H12INO4S/c1-14-8(12)6(9(13)15-2)7-11-3-5(10)4-16-7/h5-6H,3-4H2,1-2H3. The van der Waals surface area contributed by atoms with Gasteiger partial charge in [0.15, 0.2) is 0 Å². The first-order chi connectivity index (χ1) is 7.60. The molecule has 0 amide bonds. The van der Waals surface area contributed by atoms with Crippen molar-refractivity contribution in [3.8, 4) is 0 Å². The molecule has 5 nitrogen and oxygen atoms in total. The Kier molecular flexibility index (Phi) is 5.53. The zero-order valence-electron chi connectivity index (χ0n) is 8.94. The SMILES string of the molecule is COC(=O)C(C(=O)OC)C1=NCC(I)CS1. The fourth-order valence-electron chi connectivity index (χ4n) is 1.17. The first-order valence-corrected chi connectivity index (χ1v) is 6.80. The van der Waals surface area contributed by atoms with Gasteiger partial charge in [-0.25, -0.2) is 0 Å². The molecule has 0 aromatic carbocycles. The lowest BCUT2D eigenvalue weighted by atomic mass is 10.1. The van der Waals surface area contributed by atoms with Gasteiger partial charge in [0.25, 0.3) is 0 Å². The Hall–Kier alpha value is -0.310. The van der Waals surface area contributed by atoms with Crippen molar-refractivity contribution in [1.29, 1.82) is 0 Å². The third-order valence-corrected chi connectivity index (χ3v) is 4.64. The summed E-state index contributed by atoms with van der Waals surface area (Å²) in [5.74, 6) is -1.43. The van der Waals surface area contributed by atoms with E-state index in [9.17, 15) is 9.59 Å². The lowest BCUT2D eigenvalue weighted by Crippen LogP contribution is -2.34. The molecule has 0 N–H and O–H groups in total. The van der Waals surface area contributed by atoms with E-state index < -0.39 is 17.9 Å². The number of aliphatic imine (C=N–C) groups is 1. The Balaban J connectivity index is 2.85. The van der Waals surface area contributed by atoms with Crippen LogP contribution >= 0.6 is 34.4 Å². The molecule has 7 heteroatoms. The zero-order chi connectivity index (χ0) is 12.1. The van der Waals surface area contributed by atoms with Gasteiger partial charge in [-0.05, 0) is 0 Å². The molecule has 0 spiro atoms. The lowest BCUT2D eigenvalue weighted by molar-refractivity contribution is -0.154. The predicted molar refractivity (Wildman–Crippen MR) is 70.1 cm³/mol. The van der Waals surface area contributed by atoms with Crippen molar-refractivity contribution in [3.05, 3.63) is 0 Å². The van der Waals surface area contributed by atoms with Gasteiger partial charge in [-0.2, -0.15) is 0 Å². The summed E-state index contributed by atoms with van der Waals surface area (Å²) in [7, 11) is 2.49. The molecule has 16 heavy (non-hydrogen) atoms. The topological polar surface area (TPSA) is 65.0 Å². The van der Waals surface area contributed by atoms with Crippen molar-refractivity contribution in [1.82, 2.24) is 0 Å². The van der Waals surface area contributed by atoms with Crippen LogP contribution in [0.2, 0.25) is 0 Å². The molecular weight excluding hydrogens is 345 g/mol. The van der Waals surface area contributed by atoms with Crippen LogP contribution in [0.15, 0.2) is 4.99 Å². The minimum absolute atomic E-state index is 0.433. The molecule has 90 valence electrons. The molecule has 0 aliphatic carbocycles. The van der Waals surface area contributed by atoms with Crippen LogP contribution < -0.4 is 0 Å². The third kappa shape index (κ3) is 3.34. The van der Waals surface area contributed by atoms with Crippen LogP contribution in [0.25, 0.3) is 0 Å². The summed E-state index contributed by atoms with van der Waals surface area (Å²) in [6.07, 6.45) is 0. The maximum Gasteiger partial charge on any atom is 0.326 e. The van der Waals surface area contributed by atoms with Gasteiger partial charge in [0, 0.05) is 9.68 Å². The molecule has 1 aliphatic rings. The number of rotatable bonds is 3. The van der Waals surface area contributed by atoms with E-state index in [1.54, 1.807) is 0 Å². The van der Waals surface area contributed by atoms with Crippen LogP contribution in [0.4, 0.5) is 0 Å². The number of thioether (sulfide) groups is 1. The molecule has 1 heterocycles. The average molecular weight is 357 g/mol. The normalized spacial score (nSPS) is 20.2. The molecule has 0 saturated carbocycles. The summed E-state index contributed by atoms with van der Waals surface area (Å²) in [5.41, 5.74) is 0. The molecule has 1 unspecified atom stereocenters. The van der Waals surface area contributed by atoms with Gasteiger partial charge in [0.05, 0.1) is 25.8 Å². The molecule has 0 fully saturated rings. The Morgan fingerprint density at radius 1 is 1.44 bits per heavy atom. The number of carbonyl (C=O) groups is 2. The van der Waals surface area contributed by atoms with Crippen molar-refractivity contribution in [2.24, 2.45) is 10.9 Å². The lowest BCUT2D eigenvalue weighted by Gasteiger charge is -2.20. The molecule has 0 saturated heterocycles. The first-order valence-electron chi connectivity index (χ1n) is 4.57. The molecule has 0 bridgehead atoms. The van der Waals surface area contributed by atoms with Crippen LogP contribution in [0.1, 0.15) is 0 Å². The average Bonchev–Trinajstić information content (AvgIpc) is 2.31. The van der Waals surface area contributed by atoms with E-state index >= 15 is 0 Å². The monoisotopic (exact) mass is 357 g/mol. The largest absolute Gasteiger partial charge is 0.468 e. The van der Waals surface area contributed by atoms with Gasteiger partial charge in [0.2, 0.25) is 5.92 Å². The van der Waals surface area contributed by atoms with Gasteiger partial charge in [-0.1, -0.05) is 22.6 Å². The second kappa shape index (κ2) is 6.43. The van der Waals surface area contributed by atoms with Crippen LogP contribution in [0, 0.1) is 5.92 Å². The van der Waals surface area contributed by atoms with E-state index in [-0.39, 0.29) is 0 Å². The number of methoxy groups -OCH3 is 2. The van der Waals surface area contributed by atoms with Crippen molar-refractivity contribution in [3.63, 3.8) is 0 Å². The van der Waals surface area contributed by atoms with Crippen LogP contribution in [-0.4, -0.2) is 47.4 Å². The Morgan fingerprint density at radius 3 is 2.38 bits per heavy atom. The molecule has 1 aliphatic heterocycles. The Labute approximate surface area is 111 Å². The number of esters is 2. The van der Waals surface area contributed by atoms with Gasteiger partial charge in [0.1, 0.15) is 0 Å². The number of carbonyl (C=O) groups excluding carboxylic acids is 2. The minimum atomic E-state index is -1.02. The first kappa shape index (κ1) is 13.8. The highest BCUT2D eigenvalue weighted by Gasteiger charge is 2.35. The van der Waals surface area contributed by atoms with Crippen molar-refractivity contribution in [2.45, 2.75) is 3.92 Å². The maximum absolute atomic E-state index is 11.5. The molecular formula is C9H12INO4S. The quantitative estimate of drug-likeness (QED) is 0.325. The molecule has 0 aromatic heterocycles. The summed E-state index contributed by atoms with van der Waals surface area (Å²) in [5, 5.41) is 0.492. The van der Waals surface area contributed by atoms with E-state index in [4.69, 9.17) is 0 Å². The maximum atomic E-state index is 11.5. The van der Waals surface area contributed by atoms with Gasteiger partial charge in [-0.15, -0.1) is 11.8 Å². The highest BCUT2D eigenvalue weighted by molar-refractivity contribution is 14.1. The molecule has 1 atom stereocenters. The van der Waals surface area contributed by atoms with E-state index in [0.717, 1.165) is 5.75 Å². The van der Waals surface area contributed by atoms with E-state index in [1.807, 2.05) is 0 Å². The smallest absolute Gasteiger partial charge is 0.326 e. The highest BCUT2D eigenvalue weighted by Crippen LogP contribution is 2.24. The molecule has 0 aromatic rings. The van der Waals surface area contributed by atoms with Crippen molar-refractivity contribution < 1.29 is 19.1 Å². The van der Waals surface area contributed by atoms with Gasteiger partial charge < -0.3 is 9.47 Å². The third-order valence-electron chi connectivity index (χ3n) is 1.98. The molecule has 0 radical (unpaired) electrons. The van der Waals surface area contributed by atoms with E-state index in [0.29, 0.717) is 15.5 Å². The number of hydrogen-bond acceptors (Lipinski definition) is 6. The second-order valence-corrected chi connectivity index (χ2v) is 5.87.